The highest BCUT2D eigenvalue weighted by Gasteiger charge is 2.07. The van der Waals surface area contributed by atoms with Crippen molar-refractivity contribution in [3.63, 3.8) is 0 Å². The molecular weight excluding hydrogens is 406 g/mol. The van der Waals surface area contributed by atoms with E-state index < -0.39 is 0 Å². The number of ether oxygens (including phenoxy) is 1. The topological polar surface area (TPSA) is 21.6 Å². The van der Waals surface area contributed by atoms with Crippen molar-refractivity contribution in [3.8, 4) is 5.75 Å². The number of nitrogens with zero attached hydrogens (tertiary/aromatic N) is 1. The molecule has 0 aliphatic heterocycles. The first-order valence-corrected chi connectivity index (χ1v) is 8.44. The first-order valence-electron chi connectivity index (χ1n) is 6.85. The Hall–Kier alpha value is -1.39. The van der Waals surface area contributed by atoms with E-state index >= 15 is 0 Å². The Bertz CT molecular complexity index is 700. The molecule has 0 radical (unpaired) electrons. The van der Waals surface area contributed by atoms with Gasteiger partial charge in [0.25, 0.3) is 0 Å². The molecule has 0 heterocycles. The average Bonchev–Trinajstić information content (AvgIpc) is 2.48. The van der Waals surface area contributed by atoms with Gasteiger partial charge in [0.15, 0.2) is 0 Å². The summed E-state index contributed by atoms with van der Waals surface area (Å²) >= 11 is 7.05. The van der Waals surface area contributed by atoms with Crippen molar-refractivity contribution < 1.29 is 4.74 Å². The second-order valence-corrected chi connectivity index (χ2v) is 6.65. The largest absolute Gasteiger partial charge is 0.487 e. The average molecular weight is 423 g/mol. The number of hydrogen-bond acceptors (Lipinski definition) is 2. The van der Waals surface area contributed by atoms with Gasteiger partial charge in [-0.25, -0.2) is 0 Å². The Balaban J connectivity index is 2.24. The summed E-state index contributed by atoms with van der Waals surface area (Å²) in [5.41, 5.74) is 4.45. The molecule has 0 N–H and O–H groups in total. The molecule has 0 aliphatic carbocycles. The van der Waals surface area contributed by atoms with Crippen LogP contribution in [0.3, 0.4) is 0 Å². The van der Waals surface area contributed by atoms with Crippen molar-refractivity contribution >= 4 is 43.8 Å². The lowest BCUT2D eigenvalue weighted by Gasteiger charge is -2.09. The van der Waals surface area contributed by atoms with Gasteiger partial charge in [0.1, 0.15) is 12.4 Å². The summed E-state index contributed by atoms with van der Waals surface area (Å²) in [5.74, 6) is 0.767. The van der Waals surface area contributed by atoms with E-state index in [0.717, 1.165) is 25.9 Å². The first-order chi connectivity index (χ1) is 10.5. The quantitative estimate of drug-likeness (QED) is 0.418. The Morgan fingerprint density at radius 1 is 1.09 bits per heavy atom. The van der Waals surface area contributed by atoms with Crippen LogP contribution in [-0.4, -0.2) is 12.8 Å². The fourth-order valence-corrected chi connectivity index (χ4v) is 3.34. The number of hydrogen-bond donors (Lipinski definition) is 0. The lowest BCUT2D eigenvalue weighted by Crippen LogP contribution is -1.96. The summed E-state index contributed by atoms with van der Waals surface area (Å²) in [6.45, 7) is 8.30. The van der Waals surface area contributed by atoms with E-state index in [1.54, 1.807) is 6.08 Å². The van der Waals surface area contributed by atoms with Gasteiger partial charge in [-0.2, -0.15) is 0 Å². The van der Waals surface area contributed by atoms with Crippen LogP contribution in [0.4, 0.5) is 5.69 Å². The molecule has 2 nitrogen and oxygen atoms in total. The number of halogens is 2. The van der Waals surface area contributed by atoms with Gasteiger partial charge in [0.2, 0.25) is 0 Å². The van der Waals surface area contributed by atoms with Gasteiger partial charge in [-0.3, -0.25) is 4.99 Å². The molecule has 22 heavy (non-hydrogen) atoms. The maximum absolute atomic E-state index is 5.61. The van der Waals surface area contributed by atoms with Gasteiger partial charge in [0, 0.05) is 6.21 Å². The standard InChI is InChI=1S/C18H17Br2NO/c1-4-7-22-18-16(19)9-14(10-17(18)20)11-21-15-6-5-12(2)13(3)8-15/h4-6,8-11H,1,7H2,2-3H3. The minimum absolute atomic E-state index is 0.466. The first kappa shape index (κ1) is 17.0. The molecular formula is C18H17Br2NO. The maximum atomic E-state index is 5.61. The highest BCUT2D eigenvalue weighted by atomic mass is 79.9. The second-order valence-electron chi connectivity index (χ2n) is 4.94. The van der Waals surface area contributed by atoms with E-state index in [2.05, 4.69) is 69.4 Å². The Morgan fingerprint density at radius 2 is 1.77 bits per heavy atom. The zero-order valence-corrected chi connectivity index (χ0v) is 15.7. The van der Waals surface area contributed by atoms with Gasteiger partial charge in [-0.1, -0.05) is 18.7 Å². The SMILES string of the molecule is C=CCOc1c(Br)cc(C=Nc2ccc(C)c(C)c2)cc1Br. The van der Waals surface area contributed by atoms with Crippen LogP contribution >= 0.6 is 31.9 Å². The number of rotatable bonds is 5. The predicted molar refractivity (Wildman–Crippen MR) is 101 cm³/mol. The number of aliphatic imine (C=N–C) groups is 1. The fraction of sp³-hybridized carbons (Fsp3) is 0.167. The summed E-state index contributed by atoms with van der Waals surface area (Å²) in [5, 5.41) is 0. The van der Waals surface area contributed by atoms with Crippen molar-refractivity contribution in [2.24, 2.45) is 4.99 Å². The minimum atomic E-state index is 0.466. The van der Waals surface area contributed by atoms with Crippen molar-refractivity contribution in [1.29, 1.82) is 0 Å². The summed E-state index contributed by atoms with van der Waals surface area (Å²) in [7, 11) is 0. The van der Waals surface area contributed by atoms with E-state index in [1.807, 2.05) is 24.4 Å². The van der Waals surface area contributed by atoms with Crippen molar-refractivity contribution in [2.45, 2.75) is 13.8 Å². The van der Waals surface area contributed by atoms with E-state index in [0.29, 0.717) is 6.61 Å². The van der Waals surface area contributed by atoms with Gasteiger partial charge in [-0.15, -0.1) is 0 Å². The molecule has 2 aromatic rings. The Morgan fingerprint density at radius 3 is 2.36 bits per heavy atom. The van der Waals surface area contributed by atoms with Crippen molar-refractivity contribution in [3.05, 3.63) is 68.6 Å². The molecule has 0 saturated carbocycles. The highest BCUT2D eigenvalue weighted by molar-refractivity contribution is 9.11. The van der Waals surface area contributed by atoms with E-state index in [4.69, 9.17) is 4.74 Å². The van der Waals surface area contributed by atoms with Crippen LogP contribution in [0.5, 0.6) is 5.75 Å². The summed E-state index contributed by atoms with van der Waals surface area (Å²) in [4.78, 5) is 4.53. The monoisotopic (exact) mass is 421 g/mol. The lowest BCUT2D eigenvalue weighted by atomic mass is 10.1. The molecule has 0 fully saturated rings. The predicted octanol–water partition coefficient (Wildman–Crippen LogP) is 6.14. The summed E-state index contributed by atoms with van der Waals surface area (Å²) in [6, 6.07) is 10.1. The van der Waals surface area contributed by atoms with Crippen LogP contribution in [-0.2, 0) is 0 Å². The van der Waals surface area contributed by atoms with Gasteiger partial charge >= 0.3 is 0 Å². The van der Waals surface area contributed by atoms with Crippen LogP contribution in [0, 0.1) is 13.8 Å². The van der Waals surface area contributed by atoms with Crippen molar-refractivity contribution in [1.82, 2.24) is 0 Å². The molecule has 0 aliphatic rings. The highest BCUT2D eigenvalue weighted by Crippen LogP contribution is 2.34. The molecule has 2 aromatic carbocycles. The van der Waals surface area contributed by atoms with Crippen molar-refractivity contribution in [2.75, 3.05) is 6.61 Å². The lowest BCUT2D eigenvalue weighted by molar-refractivity contribution is 0.358. The Kier molecular flexibility index (Phi) is 5.98. The molecule has 0 amide bonds. The van der Waals surface area contributed by atoms with E-state index in [1.165, 1.54) is 11.1 Å². The molecule has 0 bridgehead atoms. The molecule has 2 rings (SSSR count). The minimum Gasteiger partial charge on any atom is -0.487 e. The molecule has 0 atom stereocenters. The molecule has 0 saturated heterocycles. The maximum Gasteiger partial charge on any atom is 0.148 e. The summed E-state index contributed by atoms with van der Waals surface area (Å²) < 4.78 is 7.37. The van der Waals surface area contributed by atoms with E-state index in [9.17, 15) is 0 Å². The molecule has 114 valence electrons. The van der Waals surface area contributed by atoms with Gasteiger partial charge < -0.3 is 4.74 Å². The molecule has 0 unspecified atom stereocenters. The number of benzene rings is 2. The Labute approximate surface area is 148 Å². The van der Waals surface area contributed by atoms with Gasteiger partial charge in [-0.05, 0) is 86.7 Å². The van der Waals surface area contributed by atoms with Gasteiger partial charge in [0.05, 0.1) is 14.6 Å². The third-order valence-electron chi connectivity index (χ3n) is 3.22. The number of aryl methyl sites for hydroxylation is 2. The fourth-order valence-electron chi connectivity index (χ4n) is 1.89. The van der Waals surface area contributed by atoms with Crippen LogP contribution in [0.25, 0.3) is 0 Å². The van der Waals surface area contributed by atoms with Crippen LogP contribution < -0.4 is 4.74 Å². The molecule has 0 spiro atoms. The zero-order valence-electron chi connectivity index (χ0n) is 12.6. The third-order valence-corrected chi connectivity index (χ3v) is 4.40. The third kappa shape index (κ3) is 4.31. The molecule has 4 heteroatoms. The van der Waals surface area contributed by atoms with Crippen LogP contribution in [0.2, 0.25) is 0 Å². The normalized spacial score (nSPS) is 10.9. The summed E-state index contributed by atoms with van der Waals surface area (Å²) in [6.07, 6.45) is 3.56. The van der Waals surface area contributed by atoms with Crippen LogP contribution in [0.15, 0.2) is 56.9 Å². The zero-order chi connectivity index (χ0) is 16.1. The van der Waals surface area contributed by atoms with E-state index in [-0.39, 0.29) is 0 Å². The smallest absolute Gasteiger partial charge is 0.148 e. The molecule has 0 aromatic heterocycles. The van der Waals surface area contributed by atoms with Crippen LogP contribution in [0.1, 0.15) is 16.7 Å². The second kappa shape index (κ2) is 7.75.